The van der Waals surface area contributed by atoms with Gasteiger partial charge in [0, 0.05) is 12.7 Å². The molecule has 5 aliphatic carbocycles. The standard InChI is InChI=1S/C31H45NO4/c1-27(2)21(23-17-22(26(34)35)32-36-23)10-13-28(3)24(27)11-14-30(5)25(28)9-8-19-20-7-6-12-31(20,18-33)16-15-29(19,30)4/h10,17,19-20,24-25,33H,6-9,11-16,18H2,1-5H3,(H,34,35)/t19-,20?,24+,25-,28+,29-,30-,31-/m1/s1. The smallest absolute Gasteiger partial charge is 0.358 e. The highest BCUT2D eigenvalue weighted by Crippen LogP contribution is 2.77. The summed E-state index contributed by atoms with van der Waals surface area (Å²) < 4.78 is 5.57. The molecule has 0 bridgehead atoms. The van der Waals surface area contributed by atoms with Gasteiger partial charge in [-0.05, 0) is 114 Å². The predicted octanol–water partition coefficient (Wildman–Crippen LogP) is 7.21. The number of aromatic nitrogens is 1. The number of hydrogen-bond donors (Lipinski definition) is 2. The number of nitrogens with zero attached hydrogens (tertiary/aromatic N) is 1. The second-order valence-corrected chi connectivity index (χ2v) is 14.6. The lowest BCUT2D eigenvalue weighted by Crippen LogP contribution is -2.65. The van der Waals surface area contributed by atoms with Crippen molar-refractivity contribution in [1.29, 1.82) is 0 Å². The maximum Gasteiger partial charge on any atom is 0.358 e. The SMILES string of the molecule is CC1(C)C(c2cc(C(=O)O)no2)=CC[C@]2(C)[C@H]3CC[C@@H]4C5CCC[C@]5(CO)CC[C@@]4(C)[C@]3(C)CC[C@@H]12. The van der Waals surface area contributed by atoms with E-state index < -0.39 is 5.97 Å². The Hall–Kier alpha value is -1.62. The highest BCUT2D eigenvalue weighted by Gasteiger charge is 2.69. The molecule has 5 heteroatoms. The van der Waals surface area contributed by atoms with Crippen molar-refractivity contribution in [2.24, 2.45) is 50.7 Å². The Labute approximate surface area is 216 Å². The molecule has 5 nitrogen and oxygen atoms in total. The van der Waals surface area contributed by atoms with E-state index in [0.29, 0.717) is 41.0 Å². The van der Waals surface area contributed by atoms with E-state index in [1.807, 2.05) is 0 Å². The van der Waals surface area contributed by atoms with Crippen LogP contribution in [-0.4, -0.2) is 27.9 Å². The molecule has 6 rings (SSSR count). The van der Waals surface area contributed by atoms with Crippen LogP contribution in [0, 0.1) is 50.7 Å². The Bertz CT molecular complexity index is 1100. The summed E-state index contributed by atoms with van der Waals surface area (Å²) in [4.78, 5) is 11.4. The van der Waals surface area contributed by atoms with Crippen LogP contribution in [0.4, 0.5) is 0 Å². The van der Waals surface area contributed by atoms with Crippen LogP contribution in [0.1, 0.15) is 115 Å². The van der Waals surface area contributed by atoms with Gasteiger partial charge < -0.3 is 14.7 Å². The molecule has 0 saturated heterocycles. The summed E-state index contributed by atoms with van der Waals surface area (Å²) >= 11 is 0. The minimum Gasteiger partial charge on any atom is -0.476 e. The summed E-state index contributed by atoms with van der Waals surface area (Å²) in [5, 5.41) is 23.7. The number of allylic oxidation sites excluding steroid dienone is 2. The Morgan fingerprint density at radius 3 is 2.44 bits per heavy atom. The van der Waals surface area contributed by atoms with E-state index in [2.05, 4.69) is 45.9 Å². The highest BCUT2D eigenvalue weighted by atomic mass is 16.5. The topological polar surface area (TPSA) is 83.6 Å². The maximum atomic E-state index is 11.4. The van der Waals surface area contributed by atoms with Gasteiger partial charge in [0.2, 0.25) is 0 Å². The molecule has 1 aromatic rings. The summed E-state index contributed by atoms with van der Waals surface area (Å²) in [6.07, 6.45) is 14.8. The fourth-order valence-corrected chi connectivity index (χ4v) is 11.5. The van der Waals surface area contributed by atoms with Gasteiger partial charge in [0.05, 0.1) is 0 Å². The lowest BCUT2D eigenvalue weighted by atomic mass is 9.33. The van der Waals surface area contributed by atoms with E-state index in [0.717, 1.165) is 17.9 Å². The molecule has 1 unspecified atom stereocenters. The number of rotatable bonds is 3. The first-order chi connectivity index (χ1) is 16.9. The van der Waals surface area contributed by atoms with Crippen molar-refractivity contribution in [3.63, 3.8) is 0 Å². The van der Waals surface area contributed by atoms with Crippen LogP contribution < -0.4 is 0 Å². The van der Waals surface area contributed by atoms with Crippen LogP contribution in [0.15, 0.2) is 16.7 Å². The van der Waals surface area contributed by atoms with Gasteiger partial charge in [-0.1, -0.05) is 52.3 Å². The summed E-state index contributed by atoms with van der Waals surface area (Å²) in [7, 11) is 0. The van der Waals surface area contributed by atoms with Crippen molar-refractivity contribution in [3.05, 3.63) is 23.6 Å². The third kappa shape index (κ3) is 2.93. The average molecular weight is 496 g/mol. The predicted molar refractivity (Wildman–Crippen MR) is 139 cm³/mol. The first kappa shape index (κ1) is 24.7. The zero-order valence-electron chi connectivity index (χ0n) is 22.9. The number of hydrogen-bond acceptors (Lipinski definition) is 4. The molecule has 1 aromatic heterocycles. The molecule has 0 aliphatic heterocycles. The molecule has 0 aromatic carbocycles. The van der Waals surface area contributed by atoms with Crippen molar-refractivity contribution < 1.29 is 19.5 Å². The van der Waals surface area contributed by atoms with Crippen LogP contribution in [-0.2, 0) is 0 Å². The second kappa shape index (κ2) is 7.71. The first-order valence-electron chi connectivity index (χ1n) is 14.4. The van der Waals surface area contributed by atoms with Crippen LogP contribution in [0.5, 0.6) is 0 Å². The van der Waals surface area contributed by atoms with Gasteiger partial charge in [-0.15, -0.1) is 0 Å². The molecule has 0 radical (unpaired) electrons. The van der Waals surface area contributed by atoms with Gasteiger partial charge in [-0.2, -0.15) is 0 Å². The summed E-state index contributed by atoms with van der Waals surface area (Å²) in [5.74, 6) is 2.23. The molecule has 0 amide bonds. The molecule has 36 heavy (non-hydrogen) atoms. The van der Waals surface area contributed by atoms with Crippen LogP contribution in [0.25, 0.3) is 5.57 Å². The third-order valence-electron chi connectivity index (χ3n) is 13.4. The number of aliphatic hydroxyl groups excluding tert-OH is 1. The Morgan fingerprint density at radius 2 is 1.75 bits per heavy atom. The molecular weight excluding hydrogens is 450 g/mol. The van der Waals surface area contributed by atoms with Gasteiger partial charge in [0.1, 0.15) is 0 Å². The zero-order valence-corrected chi connectivity index (χ0v) is 22.9. The van der Waals surface area contributed by atoms with Gasteiger partial charge in [0.25, 0.3) is 0 Å². The number of carboxylic acids is 1. The van der Waals surface area contributed by atoms with E-state index in [9.17, 15) is 15.0 Å². The monoisotopic (exact) mass is 495 g/mol. The van der Waals surface area contributed by atoms with Crippen molar-refractivity contribution in [2.45, 2.75) is 98.8 Å². The zero-order chi connectivity index (χ0) is 25.7. The number of carboxylic acid groups (broad SMARTS) is 1. The molecule has 0 spiro atoms. The minimum atomic E-state index is -1.04. The normalized spacial score (nSPS) is 47.2. The fraction of sp³-hybridized carbons (Fsp3) is 0.806. The number of carbonyl (C=O) groups is 1. The van der Waals surface area contributed by atoms with Gasteiger partial charge in [0.15, 0.2) is 11.5 Å². The number of fused-ring (bicyclic) bond motifs is 7. The van der Waals surface area contributed by atoms with Crippen LogP contribution in [0.3, 0.4) is 0 Å². The van der Waals surface area contributed by atoms with E-state index in [1.165, 1.54) is 57.8 Å². The summed E-state index contributed by atoms with van der Waals surface area (Å²) in [6.45, 7) is 12.9. The van der Waals surface area contributed by atoms with Gasteiger partial charge in [-0.25, -0.2) is 4.79 Å². The van der Waals surface area contributed by atoms with E-state index in [-0.39, 0.29) is 21.9 Å². The lowest BCUT2D eigenvalue weighted by Gasteiger charge is -2.72. The summed E-state index contributed by atoms with van der Waals surface area (Å²) in [6, 6.07) is 1.61. The maximum absolute atomic E-state index is 11.4. The third-order valence-corrected chi connectivity index (χ3v) is 13.4. The van der Waals surface area contributed by atoms with Crippen molar-refractivity contribution in [3.8, 4) is 0 Å². The van der Waals surface area contributed by atoms with Crippen molar-refractivity contribution in [2.75, 3.05) is 6.61 Å². The molecule has 2 N–H and O–H groups in total. The molecule has 5 aliphatic rings. The van der Waals surface area contributed by atoms with E-state index >= 15 is 0 Å². The lowest BCUT2D eigenvalue weighted by molar-refractivity contribution is -0.225. The molecule has 4 fully saturated rings. The molecular formula is C31H45NO4. The fourth-order valence-electron chi connectivity index (χ4n) is 11.5. The van der Waals surface area contributed by atoms with Crippen LogP contribution >= 0.6 is 0 Å². The number of aliphatic hydroxyl groups is 1. The minimum absolute atomic E-state index is 0.0133. The van der Waals surface area contributed by atoms with Crippen LogP contribution in [0.2, 0.25) is 0 Å². The Morgan fingerprint density at radius 1 is 0.972 bits per heavy atom. The second-order valence-electron chi connectivity index (χ2n) is 14.6. The number of aromatic carboxylic acids is 1. The average Bonchev–Trinajstić information content (AvgIpc) is 3.47. The molecule has 8 atom stereocenters. The van der Waals surface area contributed by atoms with Crippen molar-refractivity contribution in [1.82, 2.24) is 5.16 Å². The largest absolute Gasteiger partial charge is 0.476 e. The first-order valence-corrected chi connectivity index (χ1v) is 14.4. The highest BCUT2D eigenvalue weighted by molar-refractivity contribution is 5.86. The Kier molecular flexibility index (Phi) is 5.29. The Balaban J connectivity index is 1.36. The molecule has 198 valence electrons. The quantitative estimate of drug-likeness (QED) is 0.463. The molecule has 4 saturated carbocycles. The molecule has 1 heterocycles. The summed E-state index contributed by atoms with van der Waals surface area (Å²) in [5.41, 5.74) is 2.08. The van der Waals surface area contributed by atoms with Gasteiger partial charge in [-0.3, -0.25) is 0 Å². The van der Waals surface area contributed by atoms with E-state index in [1.54, 1.807) is 6.07 Å². The van der Waals surface area contributed by atoms with Gasteiger partial charge >= 0.3 is 5.97 Å². The van der Waals surface area contributed by atoms with E-state index in [4.69, 9.17) is 4.52 Å². The van der Waals surface area contributed by atoms with Crippen molar-refractivity contribution >= 4 is 11.5 Å².